The molecule has 0 bridgehead atoms. The lowest BCUT2D eigenvalue weighted by Gasteiger charge is -2.35. The van der Waals surface area contributed by atoms with Crippen LogP contribution < -0.4 is 4.90 Å². The van der Waals surface area contributed by atoms with E-state index < -0.39 is 0 Å². The normalized spacial score (nSPS) is 19.1. The Morgan fingerprint density at radius 2 is 1.95 bits per heavy atom. The molecule has 0 spiro atoms. The van der Waals surface area contributed by atoms with Crippen LogP contribution in [0.15, 0.2) is 18.3 Å². The van der Waals surface area contributed by atoms with Crippen molar-refractivity contribution in [3.63, 3.8) is 0 Å². The van der Waals surface area contributed by atoms with E-state index in [9.17, 15) is 0 Å². The van der Waals surface area contributed by atoms with Crippen molar-refractivity contribution >= 4 is 17.6 Å². The minimum absolute atomic E-state index is 0.198. The van der Waals surface area contributed by atoms with Gasteiger partial charge >= 0.3 is 0 Å². The highest BCUT2D eigenvalue weighted by atomic mass is 32.2. The fourth-order valence-electron chi connectivity index (χ4n) is 2.85. The molecule has 1 aliphatic heterocycles. The minimum Gasteiger partial charge on any atom is -0.357 e. The molecule has 0 radical (unpaired) electrons. The number of aromatic nitrogens is 1. The fraction of sp³-hybridized carbons (Fsp3) is 0.706. The molecule has 0 saturated carbocycles. The highest BCUT2D eigenvalue weighted by molar-refractivity contribution is 7.99. The maximum atomic E-state index is 4.59. The molecule has 1 fully saturated rings. The van der Waals surface area contributed by atoms with Crippen molar-refractivity contribution in [2.45, 2.75) is 51.2 Å². The van der Waals surface area contributed by atoms with Crippen LogP contribution in [-0.4, -0.2) is 29.6 Å². The van der Waals surface area contributed by atoms with E-state index in [0.717, 1.165) is 30.1 Å². The Bertz CT molecular complexity index is 431. The van der Waals surface area contributed by atoms with E-state index in [2.05, 4.69) is 56.0 Å². The summed E-state index contributed by atoms with van der Waals surface area (Å²) in [6.45, 7) is 11.4. The zero-order chi connectivity index (χ0) is 14.8. The van der Waals surface area contributed by atoms with Crippen molar-refractivity contribution in [3.8, 4) is 0 Å². The number of rotatable bonds is 3. The molecule has 20 heavy (non-hydrogen) atoms. The predicted molar refractivity (Wildman–Crippen MR) is 90.9 cm³/mol. The molecule has 0 amide bonds. The van der Waals surface area contributed by atoms with E-state index in [0.29, 0.717) is 0 Å². The van der Waals surface area contributed by atoms with E-state index >= 15 is 0 Å². The third kappa shape index (κ3) is 3.69. The molecule has 112 valence electrons. The van der Waals surface area contributed by atoms with Crippen LogP contribution in [0, 0.1) is 5.92 Å². The summed E-state index contributed by atoms with van der Waals surface area (Å²) in [4.78, 5) is 7.04. The van der Waals surface area contributed by atoms with Crippen molar-refractivity contribution in [1.82, 2.24) is 4.98 Å². The van der Waals surface area contributed by atoms with Crippen LogP contribution in [-0.2, 0) is 5.41 Å². The van der Waals surface area contributed by atoms with Gasteiger partial charge in [-0.05, 0) is 48.1 Å². The summed E-state index contributed by atoms with van der Waals surface area (Å²) in [5, 5.41) is 0.783. The number of hydrogen-bond acceptors (Lipinski definition) is 3. The first kappa shape index (κ1) is 15.7. The SMILES string of the molecule is CSC(C)C1CCN(c2cc(C(C)(C)C)ccn2)CC1. The monoisotopic (exact) mass is 292 g/mol. The topological polar surface area (TPSA) is 16.1 Å². The van der Waals surface area contributed by atoms with Gasteiger partial charge in [-0.25, -0.2) is 4.98 Å². The number of thioether (sulfide) groups is 1. The molecule has 1 aromatic rings. The van der Waals surface area contributed by atoms with Gasteiger partial charge in [0, 0.05) is 24.5 Å². The quantitative estimate of drug-likeness (QED) is 0.824. The molecule has 1 atom stereocenters. The Morgan fingerprint density at radius 3 is 2.50 bits per heavy atom. The molecule has 3 heteroatoms. The second kappa shape index (κ2) is 6.38. The third-order valence-corrected chi connectivity index (χ3v) is 5.64. The third-order valence-electron chi connectivity index (χ3n) is 4.51. The number of pyridine rings is 1. The number of anilines is 1. The van der Waals surface area contributed by atoms with Gasteiger partial charge in [0.05, 0.1) is 0 Å². The van der Waals surface area contributed by atoms with Gasteiger partial charge in [0.1, 0.15) is 5.82 Å². The molecular formula is C17H28N2S. The molecule has 1 aliphatic rings. The Labute approximate surface area is 128 Å². The number of nitrogens with zero attached hydrogens (tertiary/aromatic N) is 2. The van der Waals surface area contributed by atoms with Gasteiger partial charge < -0.3 is 4.90 Å². The van der Waals surface area contributed by atoms with Crippen molar-refractivity contribution < 1.29 is 0 Å². The lowest BCUT2D eigenvalue weighted by atomic mass is 9.87. The Morgan fingerprint density at radius 1 is 1.30 bits per heavy atom. The van der Waals surface area contributed by atoms with Crippen LogP contribution in [0.3, 0.4) is 0 Å². The van der Waals surface area contributed by atoms with Crippen molar-refractivity contribution in [2.24, 2.45) is 5.92 Å². The van der Waals surface area contributed by atoms with Gasteiger partial charge in [0.25, 0.3) is 0 Å². The standard InChI is InChI=1S/C17H28N2S/c1-13(20-5)14-7-10-19(11-8-14)16-12-15(6-9-18-16)17(2,3)4/h6,9,12-14H,7-8,10-11H2,1-5H3. The Hall–Kier alpha value is -0.700. The Balaban J connectivity index is 2.04. The first-order valence-electron chi connectivity index (χ1n) is 7.66. The van der Waals surface area contributed by atoms with Crippen molar-refractivity contribution in [2.75, 3.05) is 24.2 Å². The molecule has 2 nitrogen and oxygen atoms in total. The maximum absolute atomic E-state index is 4.59. The minimum atomic E-state index is 0.198. The molecule has 2 heterocycles. The molecule has 0 aliphatic carbocycles. The number of piperidine rings is 1. The van der Waals surface area contributed by atoms with Crippen LogP contribution in [0.2, 0.25) is 0 Å². The van der Waals surface area contributed by atoms with Gasteiger partial charge in [0.15, 0.2) is 0 Å². The average Bonchev–Trinajstić information content (AvgIpc) is 2.46. The highest BCUT2D eigenvalue weighted by Crippen LogP contribution is 2.30. The first-order valence-corrected chi connectivity index (χ1v) is 8.95. The van der Waals surface area contributed by atoms with E-state index in [4.69, 9.17) is 0 Å². The Kier molecular flexibility index (Phi) is 5.00. The first-order chi connectivity index (χ1) is 9.41. The van der Waals surface area contributed by atoms with Crippen LogP contribution in [0.1, 0.15) is 46.1 Å². The van der Waals surface area contributed by atoms with E-state index in [1.807, 2.05) is 18.0 Å². The molecule has 2 rings (SSSR count). The zero-order valence-electron chi connectivity index (χ0n) is 13.5. The summed E-state index contributed by atoms with van der Waals surface area (Å²) >= 11 is 2.00. The van der Waals surface area contributed by atoms with Gasteiger partial charge in [-0.15, -0.1) is 0 Å². The van der Waals surface area contributed by atoms with Crippen LogP contribution in [0.25, 0.3) is 0 Å². The second-order valence-electron chi connectivity index (χ2n) is 6.92. The van der Waals surface area contributed by atoms with Crippen LogP contribution in [0.4, 0.5) is 5.82 Å². The van der Waals surface area contributed by atoms with Gasteiger partial charge in [-0.2, -0.15) is 11.8 Å². The molecule has 1 aromatic heterocycles. The van der Waals surface area contributed by atoms with Gasteiger partial charge in [0.2, 0.25) is 0 Å². The van der Waals surface area contributed by atoms with Gasteiger partial charge in [-0.3, -0.25) is 0 Å². The summed E-state index contributed by atoms with van der Waals surface area (Å²) in [6, 6.07) is 4.42. The van der Waals surface area contributed by atoms with E-state index in [1.54, 1.807) is 0 Å². The fourth-order valence-corrected chi connectivity index (χ4v) is 3.51. The van der Waals surface area contributed by atoms with E-state index in [-0.39, 0.29) is 5.41 Å². The predicted octanol–water partition coefficient (Wildman–Crippen LogP) is 4.35. The summed E-state index contributed by atoms with van der Waals surface area (Å²) in [5.41, 5.74) is 1.57. The summed E-state index contributed by atoms with van der Waals surface area (Å²) in [7, 11) is 0. The van der Waals surface area contributed by atoms with Crippen LogP contribution in [0.5, 0.6) is 0 Å². The summed E-state index contributed by atoms with van der Waals surface area (Å²) < 4.78 is 0. The highest BCUT2D eigenvalue weighted by Gasteiger charge is 2.24. The van der Waals surface area contributed by atoms with Crippen molar-refractivity contribution in [3.05, 3.63) is 23.9 Å². The summed E-state index contributed by atoms with van der Waals surface area (Å²) in [5.74, 6) is 2.03. The summed E-state index contributed by atoms with van der Waals surface area (Å²) in [6.07, 6.45) is 6.78. The average molecular weight is 292 g/mol. The molecule has 0 N–H and O–H groups in total. The van der Waals surface area contributed by atoms with Crippen molar-refractivity contribution in [1.29, 1.82) is 0 Å². The second-order valence-corrected chi connectivity index (χ2v) is 8.13. The number of hydrogen-bond donors (Lipinski definition) is 0. The maximum Gasteiger partial charge on any atom is 0.128 e. The zero-order valence-corrected chi connectivity index (χ0v) is 14.3. The molecular weight excluding hydrogens is 264 g/mol. The molecule has 0 aromatic carbocycles. The smallest absolute Gasteiger partial charge is 0.128 e. The van der Waals surface area contributed by atoms with E-state index in [1.165, 1.54) is 18.4 Å². The van der Waals surface area contributed by atoms with Gasteiger partial charge in [-0.1, -0.05) is 27.7 Å². The lowest BCUT2D eigenvalue weighted by Crippen LogP contribution is -2.37. The molecule has 1 unspecified atom stereocenters. The van der Waals surface area contributed by atoms with Crippen LogP contribution >= 0.6 is 11.8 Å². The largest absolute Gasteiger partial charge is 0.357 e. The lowest BCUT2D eigenvalue weighted by molar-refractivity contribution is 0.402. The molecule has 1 saturated heterocycles.